The number of nitrogens with one attached hydrogen (secondary N) is 1. The number of aliphatic carboxylic acids is 1. The normalized spacial score (nSPS) is 30.2. The summed E-state index contributed by atoms with van der Waals surface area (Å²) in [5, 5.41) is 12.2. The number of ether oxygens (including phenoxy) is 5. The molecule has 33 heavy (non-hydrogen) atoms. The van der Waals surface area contributed by atoms with Gasteiger partial charge in [0.15, 0.2) is 11.9 Å². The van der Waals surface area contributed by atoms with Gasteiger partial charge in [-0.15, -0.1) is 0 Å². The molecule has 7 unspecified atom stereocenters. The molecular formula is C23H27NO9. The average molecular weight is 461 g/mol. The van der Waals surface area contributed by atoms with Crippen LogP contribution in [0.5, 0.6) is 5.75 Å². The van der Waals surface area contributed by atoms with Gasteiger partial charge in [-0.05, 0) is 43.7 Å². The molecule has 178 valence electrons. The summed E-state index contributed by atoms with van der Waals surface area (Å²) in [7, 11) is 0. The first-order valence-corrected chi connectivity index (χ1v) is 10.7. The summed E-state index contributed by atoms with van der Waals surface area (Å²) >= 11 is 0. The van der Waals surface area contributed by atoms with Crippen LogP contribution in [0.3, 0.4) is 0 Å². The molecule has 2 aliphatic heterocycles. The number of fused-ring (bicyclic) bond motifs is 1. The van der Waals surface area contributed by atoms with Crippen molar-refractivity contribution in [3.8, 4) is 5.75 Å². The van der Waals surface area contributed by atoms with Crippen molar-refractivity contribution in [2.24, 2.45) is 0 Å². The molecule has 2 aromatic rings. The lowest BCUT2D eigenvalue weighted by Crippen LogP contribution is -2.68. The van der Waals surface area contributed by atoms with E-state index in [1.165, 1.54) is 20.1 Å². The van der Waals surface area contributed by atoms with Crippen molar-refractivity contribution >= 4 is 11.9 Å². The van der Waals surface area contributed by atoms with Crippen molar-refractivity contribution in [2.75, 3.05) is 6.61 Å². The van der Waals surface area contributed by atoms with E-state index in [9.17, 15) is 14.7 Å². The molecule has 3 heterocycles. The van der Waals surface area contributed by atoms with Gasteiger partial charge in [0.2, 0.25) is 18.5 Å². The maximum Gasteiger partial charge on any atom is 0.332 e. The van der Waals surface area contributed by atoms with Gasteiger partial charge >= 0.3 is 5.97 Å². The molecule has 1 aromatic carbocycles. The van der Waals surface area contributed by atoms with Crippen LogP contribution in [-0.2, 0) is 28.5 Å². The number of furan rings is 1. The molecule has 2 saturated heterocycles. The summed E-state index contributed by atoms with van der Waals surface area (Å²) in [5.74, 6) is -0.519. The average Bonchev–Trinajstić information content (AvgIpc) is 3.30. The van der Waals surface area contributed by atoms with Crippen LogP contribution in [0.15, 0.2) is 47.1 Å². The van der Waals surface area contributed by atoms with Gasteiger partial charge in [0.25, 0.3) is 0 Å². The second-order valence-electron chi connectivity index (χ2n) is 8.07. The molecule has 0 spiro atoms. The Balaban J connectivity index is 1.64. The van der Waals surface area contributed by atoms with E-state index in [0.29, 0.717) is 11.5 Å². The first-order chi connectivity index (χ1) is 15.8. The Hall–Kier alpha value is -2.92. The summed E-state index contributed by atoms with van der Waals surface area (Å²) in [6, 6.07) is 9.91. The standard InChI is InChI=1S/C23H27NO9/c1-12-6-4-7-15(10-12)31-23-18(24-14(3)25)20(30-13(2)21(26)27)19-17(32-23)11-29-22(33-19)16-8-5-9-28-16/h4-10,13,17-20,22-23H,11H2,1-3H3,(H,24,25)(H,26,27). The highest BCUT2D eigenvalue weighted by Crippen LogP contribution is 2.36. The number of carboxylic acid groups (broad SMARTS) is 1. The fourth-order valence-electron chi connectivity index (χ4n) is 3.91. The first kappa shape index (κ1) is 23.2. The van der Waals surface area contributed by atoms with Gasteiger partial charge in [-0.3, -0.25) is 4.79 Å². The predicted molar refractivity (Wildman–Crippen MR) is 112 cm³/mol. The van der Waals surface area contributed by atoms with Crippen LogP contribution in [0.25, 0.3) is 0 Å². The molecule has 0 aliphatic carbocycles. The second-order valence-corrected chi connectivity index (χ2v) is 8.07. The summed E-state index contributed by atoms with van der Waals surface area (Å²) in [6.07, 6.45) is -3.78. The molecule has 4 rings (SSSR count). The monoisotopic (exact) mass is 461 g/mol. The fraction of sp³-hybridized carbons (Fsp3) is 0.478. The van der Waals surface area contributed by atoms with E-state index in [2.05, 4.69) is 5.32 Å². The number of aryl methyl sites for hydroxylation is 1. The lowest BCUT2D eigenvalue weighted by molar-refractivity contribution is -0.343. The Morgan fingerprint density at radius 1 is 1.21 bits per heavy atom. The number of hydrogen-bond acceptors (Lipinski definition) is 8. The van der Waals surface area contributed by atoms with E-state index < -0.39 is 49.0 Å². The van der Waals surface area contributed by atoms with Crippen LogP contribution in [0, 0.1) is 6.92 Å². The SMILES string of the molecule is CC(=O)NC1C(Oc2cccc(C)c2)OC2COC(c3ccco3)OC2C1OC(C)C(=O)O. The van der Waals surface area contributed by atoms with Gasteiger partial charge < -0.3 is 38.5 Å². The largest absolute Gasteiger partial charge is 0.479 e. The molecule has 1 amide bonds. The maximum atomic E-state index is 12.1. The Morgan fingerprint density at radius 3 is 2.70 bits per heavy atom. The highest BCUT2D eigenvalue weighted by Gasteiger charge is 2.53. The number of hydrogen-bond donors (Lipinski definition) is 2. The number of rotatable bonds is 7. The van der Waals surface area contributed by atoms with Crippen LogP contribution >= 0.6 is 0 Å². The predicted octanol–water partition coefficient (Wildman–Crippen LogP) is 2.17. The van der Waals surface area contributed by atoms with Crippen LogP contribution in [0.1, 0.15) is 31.5 Å². The third kappa shape index (κ3) is 5.36. The zero-order valence-corrected chi connectivity index (χ0v) is 18.5. The van der Waals surface area contributed by atoms with E-state index in [0.717, 1.165) is 5.56 Å². The zero-order chi connectivity index (χ0) is 23.5. The van der Waals surface area contributed by atoms with Crippen molar-refractivity contribution in [3.05, 3.63) is 54.0 Å². The molecule has 0 radical (unpaired) electrons. The third-order valence-electron chi connectivity index (χ3n) is 5.44. The number of carbonyl (C=O) groups is 2. The second kappa shape index (κ2) is 9.92. The third-order valence-corrected chi connectivity index (χ3v) is 5.44. The lowest BCUT2D eigenvalue weighted by Gasteiger charge is -2.49. The van der Waals surface area contributed by atoms with Gasteiger partial charge in [-0.2, -0.15) is 0 Å². The number of carboxylic acids is 1. The minimum absolute atomic E-state index is 0.123. The van der Waals surface area contributed by atoms with Gasteiger partial charge in [0, 0.05) is 6.92 Å². The van der Waals surface area contributed by atoms with Gasteiger partial charge in [0.1, 0.15) is 30.1 Å². The summed E-state index contributed by atoms with van der Waals surface area (Å²) < 4.78 is 35.4. The minimum atomic E-state index is -1.17. The first-order valence-electron chi connectivity index (χ1n) is 10.7. The van der Waals surface area contributed by atoms with E-state index in [4.69, 9.17) is 28.1 Å². The molecular weight excluding hydrogens is 434 g/mol. The van der Waals surface area contributed by atoms with Gasteiger partial charge in [-0.25, -0.2) is 4.79 Å². The minimum Gasteiger partial charge on any atom is -0.479 e. The van der Waals surface area contributed by atoms with Crippen LogP contribution in [0.4, 0.5) is 0 Å². The van der Waals surface area contributed by atoms with E-state index in [1.807, 2.05) is 25.1 Å². The molecule has 7 atom stereocenters. The highest BCUT2D eigenvalue weighted by atomic mass is 16.8. The van der Waals surface area contributed by atoms with Crippen LogP contribution < -0.4 is 10.1 Å². The number of benzene rings is 1. The van der Waals surface area contributed by atoms with Crippen molar-refractivity contribution in [3.63, 3.8) is 0 Å². The van der Waals surface area contributed by atoms with Crippen LogP contribution in [-0.4, -0.2) is 60.3 Å². The quantitative estimate of drug-likeness (QED) is 0.638. The van der Waals surface area contributed by atoms with E-state index in [1.54, 1.807) is 18.2 Å². The molecule has 2 fully saturated rings. The molecule has 1 aromatic heterocycles. The Kier molecular flexibility index (Phi) is 6.99. The van der Waals surface area contributed by atoms with Crippen LogP contribution in [0.2, 0.25) is 0 Å². The van der Waals surface area contributed by atoms with Crippen molar-refractivity contribution in [1.29, 1.82) is 0 Å². The molecule has 10 heteroatoms. The Morgan fingerprint density at radius 2 is 2.03 bits per heavy atom. The molecule has 2 N–H and O–H groups in total. The van der Waals surface area contributed by atoms with Crippen molar-refractivity contribution in [1.82, 2.24) is 5.32 Å². The fourth-order valence-corrected chi connectivity index (χ4v) is 3.91. The summed E-state index contributed by atoms with van der Waals surface area (Å²) in [6.45, 7) is 4.81. The lowest BCUT2D eigenvalue weighted by atomic mass is 9.95. The maximum absolute atomic E-state index is 12.1. The Bertz CT molecular complexity index is 963. The number of carbonyl (C=O) groups excluding carboxylic acids is 1. The van der Waals surface area contributed by atoms with Gasteiger partial charge in [-0.1, -0.05) is 12.1 Å². The number of amides is 1. The highest BCUT2D eigenvalue weighted by molar-refractivity contribution is 5.73. The zero-order valence-electron chi connectivity index (χ0n) is 18.5. The molecule has 0 saturated carbocycles. The summed E-state index contributed by atoms with van der Waals surface area (Å²) in [5.41, 5.74) is 0.982. The molecule has 10 nitrogen and oxygen atoms in total. The summed E-state index contributed by atoms with van der Waals surface area (Å²) in [4.78, 5) is 23.6. The Labute approximate surface area is 190 Å². The smallest absolute Gasteiger partial charge is 0.332 e. The topological polar surface area (TPSA) is 126 Å². The van der Waals surface area contributed by atoms with Gasteiger partial charge in [0.05, 0.1) is 12.9 Å². The van der Waals surface area contributed by atoms with E-state index in [-0.39, 0.29) is 12.5 Å². The van der Waals surface area contributed by atoms with Crippen molar-refractivity contribution in [2.45, 2.75) is 63.8 Å². The molecule has 0 bridgehead atoms. The molecule has 2 aliphatic rings. The van der Waals surface area contributed by atoms with Crippen molar-refractivity contribution < 1.29 is 42.8 Å². The van der Waals surface area contributed by atoms with E-state index >= 15 is 0 Å².